The molecule has 0 heterocycles. The van der Waals surface area contributed by atoms with Gasteiger partial charge in [0.2, 0.25) is 0 Å². The van der Waals surface area contributed by atoms with Gasteiger partial charge in [-0.1, -0.05) is 30.3 Å². The molecule has 1 aliphatic rings. The molecule has 20 heavy (non-hydrogen) atoms. The monoisotopic (exact) mass is 268 g/mol. The number of ether oxygens (including phenoxy) is 2. The van der Waals surface area contributed by atoms with E-state index in [0.29, 0.717) is 5.92 Å². The van der Waals surface area contributed by atoms with Crippen LogP contribution in [-0.2, 0) is 9.53 Å². The number of hydrogen-bond donors (Lipinski definition) is 0. The Morgan fingerprint density at radius 1 is 1.00 bits per heavy atom. The molecule has 0 N–H and O–H groups in total. The Morgan fingerprint density at radius 2 is 1.65 bits per heavy atom. The van der Waals surface area contributed by atoms with Crippen molar-refractivity contribution in [3.05, 3.63) is 60.2 Å². The van der Waals surface area contributed by atoms with Crippen molar-refractivity contribution in [3.8, 4) is 11.5 Å². The van der Waals surface area contributed by atoms with E-state index in [1.165, 1.54) is 12.7 Å². The molecule has 3 heteroatoms. The van der Waals surface area contributed by atoms with Gasteiger partial charge < -0.3 is 9.47 Å². The summed E-state index contributed by atoms with van der Waals surface area (Å²) in [4.78, 5) is 11.4. The van der Waals surface area contributed by atoms with E-state index in [-0.39, 0.29) is 11.9 Å². The van der Waals surface area contributed by atoms with Gasteiger partial charge in [-0.25, -0.2) is 0 Å². The van der Waals surface area contributed by atoms with Crippen LogP contribution in [0.4, 0.5) is 0 Å². The van der Waals surface area contributed by atoms with E-state index in [1.54, 1.807) is 0 Å². The Hall–Kier alpha value is -2.29. The molecule has 3 rings (SSSR count). The summed E-state index contributed by atoms with van der Waals surface area (Å²) >= 11 is 0. The second kappa shape index (κ2) is 5.37. The topological polar surface area (TPSA) is 35.5 Å². The minimum atomic E-state index is -0.111. The molecule has 102 valence electrons. The van der Waals surface area contributed by atoms with Crippen LogP contribution in [0.5, 0.6) is 11.5 Å². The maximum atomic E-state index is 11.4. The molecule has 0 radical (unpaired) electrons. The summed E-state index contributed by atoms with van der Waals surface area (Å²) in [6.45, 7) is 0. The summed E-state index contributed by atoms with van der Waals surface area (Å²) in [7, 11) is 1.44. The number of carbonyl (C=O) groups excluding carboxylic acids is 1. The molecule has 0 saturated heterocycles. The Kier molecular flexibility index (Phi) is 3.42. The fourth-order valence-corrected chi connectivity index (χ4v) is 2.38. The molecular weight excluding hydrogens is 252 g/mol. The van der Waals surface area contributed by atoms with Crippen molar-refractivity contribution in [2.75, 3.05) is 7.11 Å². The quantitative estimate of drug-likeness (QED) is 0.792. The van der Waals surface area contributed by atoms with E-state index in [0.717, 1.165) is 17.9 Å². The predicted octanol–water partition coefficient (Wildman–Crippen LogP) is 3.76. The lowest BCUT2D eigenvalue weighted by molar-refractivity contribution is -0.142. The predicted molar refractivity (Wildman–Crippen MR) is 75.8 cm³/mol. The molecular formula is C17H16O3. The van der Waals surface area contributed by atoms with Gasteiger partial charge in [-0.2, -0.15) is 0 Å². The first-order valence-corrected chi connectivity index (χ1v) is 6.68. The molecule has 2 aromatic rings. The fourth-order valence-electron chi connectivity index (χ4n) is 2.38. The van der Waals surface area contributed by atoms with Crippen molar-refractivity contribution in [2.45, 2.75) is 12.3 Å². The summed E-state index contributed by atoms with van der Waals surface area (Å²) in [5.41, 5.74) is 1.17. The second-order valence-corrected chi connectivity index (χ2v) is 4.96. The van der Waals surface area contributed by atoms with Crippen LogP contribution in [0, 0.1) is 5.92 Å². The number of rotatable bonds is 4. The maximum absolute atomic E-state index is 11.4. The Morgan fingerprint density at radius 3 is 2.30 bits per heavy atom. The number of hydrogen-bond acceptors (Lipinski definition) is 3. The number of carbonyl (C=O) groups is 1. The molecule has 2 atom stereocenters. The van der Waals surface area contributed by atoms with E-state index < -0.39 is 0 Å². The van der Waals surface area contributed by atoms with Gasteiger partial charge in [-0.3, -0.25) is 4.79 Å². The van der Waals surface area contributed by atoms with Gasteiger partial charge in [-0.05, 0) is 42.2 Å². The largest absolute Gasteiger partial charge is 0.469 e. The third-order valence-electron chi connectivity index (χ3n) is 3.58. The van der Waals surface area contributed by atoms with Crippen LogP contribution in [-0.4, -0.2) is 13.1 Å². The third kappa shape index (κ3) is 2.67. The van der Waals surface area contributed by atoms with Crippen molar-refractivity contribution in [1.82, 2.24) is 0 Å². The van der Waals surface area contributed by atoms with E-state index >= 15 is 0 Å². The second-order valence-electron chi connectivity index (χ2n) is 4.96. The van der Waals surface area contributed by atoms with Crippen LogP contribution < -0.4 is 4.74 Å². The number of esters is 1. The standard InChI is InChI=1S/C17H16O3/c1-19-17(18)16-11-15(16)12-7-9-14(10-8-12)20-13-5-3-2-4-6-13/h2-10,15-16H,11H2,1H3. The Labute approximate surface area is 118 Å². The zero-order valence-electron chi connectivity index (χ0n) is 11.3. The highest BCUT2D eigenvalue weighted by Crippen LogP contribution is 2.48. The number of benzene rings is 2. The summed E-state index contributed by atoms with van der Waals surface area (Å²) in [6, 6.07) is 17.6. The molecule has 3 nitrogen and oxygen atoms in total. The third-order valence-corrected chi connectivity index (χ3v) is 3.58. The van der Waals surface area contributed by atoms with Crippen LogP contribution in [0.25, 0.3) is 0 Å². The maximum Gasteiger partial charge on any atom is 0.309 e. The van der Waals surface area contributed by atoms with Gasteiger partial charge in [0.15, 0.2) is 0 Å². The zero-order valence-corrected chi connectivity index (χ0v) is 11.3. The normalized spacial score (nSPS) is 20.2. The lowest BCUT2D eigenvalue weighted by atomic mass is 10.1. The van der Waals surface area contributed by atoms with Gasteiger partial charge in [0.05, 0.1) is 13.0 Å². The van der Waals surface area contributed by atoms with Gasteiger partial charge >= 0.3 is 5.97 Å². The Balaban J connectivity index is 1.65. The van der Waals surface area contributed by atoms with E-state index in [9.17, 15) is 4.79 Å². The molecule has 0 bridgehead atoms. The van der Waals surface area contributed by atoms with Gasteiger partial charge in [0.25, 0.3) is 0 Å². The molecule has 1 saturated carbocycles. The average Bonchev–Trinajstić information content (AvgIpc) is 3.29. The van der Waals surface area contributed by atoms with Crippen LogP contribution in [0.2, 0.25) is 0 Å². The number of para-hydroxylation sites is 1. The molecule has 2 aromatic carbocycles. The highest BCUT2D eigenvalue weighted by Gasteiger charge is 2.44. The van der Waals surface area contributed by atoms with Crippen molar-refractivity contribution < 1.29 is 14.3 Å². The van der Waals surface area contributed by atoms with Crippen molar-refractivity contribution in [2.24, 2.45) is 5.92 Å². The van der Waals surface area contributed by atoms with Crippen molar-refractivity contribution >= 4 is 5.97 Å². The SMILES string of the molecule is COC(=O)C1CC1c1ccc(Oc2ccccc2)cc1. The molecule has 0 aromatic heterocycles. The first-order valence-electron chi connectivity index (χ1n) is 6.68. The molecule has 1 fully saturated rings. The lowest BCUT2D eigenvalue weighted by Gasteiger charge is -2.06. The molecule has 0 spiro atoms. The first-order chi connectivity index (χ1) is 9.78. The van der Waals surface area contributed by atoms with Crippen LogP contribution in [0.15, 0.2) is 54.6 Å². The van der Waals surface area contributed by atoms with E-state index in [4.69, 9.17) is 9.47 Å². The van der Waals surface area contributed by atoms with Gasteiger partial charge in [-0.15, -0.1) is 0 Å². The average molecular weight is 268 g/mol. The summed E-state index contributed by atoms with van der Waals surface area (Å²) in [6.07, 6.45) is 0.881. The first kappa shape index (κ1) is 12.7. The Bertz CT molecular complexity index is 589. The molecule has 1 aliphatic carbocycles. The minimum absolute atomic E-state index is 0.0286. The van der Waals surface area contributed by atoms with Crippen LogP contribution >= 0.6 is 0 Å². The molecule has 0 amide bonds. The van der Waals surface area contributed by atoms with Crippen molar-refractivity contribution in [1.29, 1.82) is 0 Å². The molecule has 0 aliphatic heterocycles. The van der Waals surface area contributed by atoms with Gasteiger partial charge in [0, 0.05) is 0 Å². The van der Waals surface area contributed by atoms with Crippen LogP contribution in [0.3, 0.4) is 0 Å². The number of methoxy groups -OCH3 is 1. The smallest absolute Gasteiger partial charge is 0.309 e. The lowest BCUT2D eigenvalue weighted by Crippen LogP contribution is -2.03. The summed E-state index contributed by atoms with van der Waals surface area (Å²) in [5, 5.41) is 0. The van der Waals surface area contributed by atoms with Crippen LogP contribution in [0.1, 0.15) is 17.9 Å². The zero-order chi connectivity index (χ0) is 13.9. The fraction of sp³-hybridized carbons (Fsp3) is 0.235. The summed E-state index contributed by atoms with van der Waals surface area (Å²) < 4.78 is 10.5. The highest BCUT2D eigenvalue weighted by atomic mass is 16.5. The minimum Gasteiger partial charge on any atom is -0.469 e. The van der Waals surface area contributed by atoms with E-state index in [2.05, 4.69) is 0 Å². The van der Waals surface area contributed by atoms with Crippen molar-refractivity contribution in [3.63, 3.8) is 0 Å². The van der Waals surface area contributed by atoms with E-state index in [1.807, 2.05) is 54.6 Å². The van der Waals surface area contributed by atoms with Gasteiger partial charge in [0.1, 0.15) is 11.5 Å². The molecule has 2 unspecified atom stereocenters. The summed E-state index contributed by atoms with van der Waals surface area (Å²) in [5.74, 6) is 1.84. The highest BCUT2D eigenvalue weighted by molar-refractivity contribution is 5.77.